The van der Waals surface area contributed by atoms with Gasteiger partial charge in [0.05, 0.1) is 24.9 Å². The quantitative estimate of drug-likeness (QED) is 0.569. The van der Waals surface area contributed by atoms with Gasteiger partial charge in [-0.25, -0.2) is 0 Å². The SMILES string of the molecule is C[C@@H]1CCC([C@H](N)CO)O1. The van der Waals surface area contributed by atoms with Crippen LogP contribution in [0.5, 0.6) is 0 Å². The van der Waals surface area contributed by atoms with Crippen molar-refractivity contribution in [3.05, 3.63) is 0 Å². The summed E-state index contributed by atoms with van der Waals surface area (Å²) in [6, 6.07) is -0.190. The summed E-state index contributed by atoms with van der Waals surface area (Å²) in [5, 5.41) is 8.68. The van der Waals surface area contributed by atoms with Crippen LogP contribution in [0.4, 0.5) is 0 Å². The van der Waals surface area contributed by atoms with Crippen LogP contribution in [-0.4, -0.2) is 30.0 Å². The van der Waals surface area contributed by atoms with E-state index >= 15 is 0 Å². The molecule has 3 atom stereocenters. The van der Waals surface area contributed by atoms with E-state index in [0.29, 0.717) is 6.10 Å². The zero-order valence-electron chi connectivity index (χ0n) is 6.29. The summed E-state index contributed by atoms with van der Waals surface area (Å²) < 4.78 is 5.43. The molecule has 1 rings (SSSR count). The highest BCUT2D eigenvalue weighted by atomic mass is 16.5. The molecular formula is C7H15NO2. The summed E-state index contributed by atoms with van der Waals surface area (Å²) in [5.74, 6) is 0. The van der Waals surface area contributed by atoms with Gasteiger partial charge in [-0.15, -0.1) is 0 Å². The Morgan fingerprint density at radius 3 is 2.80 bits per heavy atom. The minimum absolute atomic E-state index is 0.0252. The maximum Gasteiger partial charge on any atom is 0.0752 e. The molecule has 3 heteroatoms. The van der Waals surface area contributed by atoms with Crippen molar-refractivity contribution in [2.45, 2.75) is 38.0 Å². The molecule has 1 saturated heterocycles. The molecule has 1 aliphatic heterocycles. The van der Waals surface area contributed by atoms with Crippen LogP contribution in [-0.2, 0) is 4.74 Å². The van der Waals surface area contributed by atoms with Crippen LogP contribution in [0.3, 0.4) is 0 Å². The molecule has 3 N–H and O–H groups in total. The first-order valence-corrected chi connectivity index (χ1v) is 3.76. The Labute approximate surface area is 61.2 Å². The van der Waals surface area contributed by atoms with Crippen LogP contribution in [0, 0.1) is 0 Å². The van der Waals surface area contributed by atoms with Gasteiger partial charge in [0.2, 0.25) is 0 Å². The Balaban J connectivity index is 2.29. The van der Waals surface area contributed by atoms with Crippen LogP contribution >= 0.6 is 0 Å². The van der Waals surface area contributed by atoms with Crippen molar-refractivity contribution in [3.8, 4) is 0 Å². The van der Waals surface area contributed by atoms with Gasteiger partial charge in [0, 0.05) is 0 Å². The Kier molecular flexibility index (Phi) is 2.65. The summed E-state index contributed by atoms with van der Waals surface area (Å²) in [4.78, 5) is 0. The van der Waals surface area contributed by atoms with E-state index in [-0.39, 0.29) is 18.8 Å². The molecule has 1 aliphatic rings. The second-order valence-corrected chi connectivity index (χ2v) is 2.91. The lowest BCUT2D eigenvalue weighted by atomic mass is 10.1. The number of aliphatic hydroxyl groups excluding tert-OH is 1. The van der Waals surface area contributed by atoms with Crippen molar-refractivity contribution in [1.82, 2.24) is 0 Å². The first kappa shape index (κ1) is 7.98. The maximum atomic E-state index is 8.68. The molecule has 0 saturated carbocycles. The molecule has 0 amide bonds. The summed E-state index contributed by atoms with van der Waals surface area (Å²) >= 11 is 0. The van der Waals surface area contributed by atoms with Gasteiger partial charge in [-0.1, -0.05) is 0 Å². The first-order valence-electron chi connectivity index (χ1n) is 3.76. The minimum Gasteiger partial charge on any atom is -0.395 e. The van der Waals surface area contributed by atoms with Crippen LogP contribution in [0.2, 0.25) is 0 Å². The number of rotatable bonds is 2. The van der Waals surface area contributed by atoms with Gasteiger partial charge in [0.1, 0.15) is 0 Å². The monoisotopic (exact) mass is 145 g/mol. The molecule has 10 heavy (non-hydrogen) atoms. The van der Waals surface area contributed by atoms with E-state index in [1.165, 1.54) is 0 Å². The van der Waals surface area contributed by atoms with Crippen molar-refractivity contribution < 1.29 is 9.84 Å². The average molecular weight is 145 g/mol. The molecule has 0 spiro atoms. The van der Waals surface area contributed by atoms with Crippen molar-refractivity contribution in [1.29, 1.82) is 0 Å². The van der Waals surface area contributed by atoms with E-state index in [1.54, 1.807) is 0 Å². The van der Waals surface area contributed by atoms with Gasteiger partial charge in [-0.2, -0.15) is 0 Å². The molecule has 3 nitrogen and oxygen atoms in total. The molecule has 60 valence electrons. The van der Waals surface area contributed by atoms with Crippen molar-refractivity contribution >= 4 is 0 Å². The van der Waals surface area contributed by atoms with Gasteiger partial charge >= 0.3 is 0 Å². The molecular weight excluding hydrogens is 130 g/mol. The lowest BCUT2D eigenvalue weighted by Crippen LogP contribution is -2.37. The lowest BCUT2D eigenvalue weighted by Gasteiger charge is -2.16. The third-order valence-electron chi connectivity index (χ3n) is 1.95. The van der Waals surface area contributed by atoms with E-state index in [9.17, 15) is 0 Å². The summed E-state index contributed by atoms with van der Waals surface area (Å²) in [6.45, 7) is 2.06. The van der Waals surface area contributed by atoms with Crippen molar-refractivity contribution in [2.75, 3.05) is 6.61 Å². The average Bonchev–Trinajstić information content (AvgIpc) is 2.34. The fraction of sp³-hybridized carbons (Fsp3) is 1.00. The van der Waals surface area contributed by atoms with E-state index in [0.717, 1.165) is 12.8 Å². The minimum atomic E-state index is -0.190. The molecule has 1 unspecified atom stereocenters. The number of aliphatic hydroxyl groups is 1. The molecule has 1 heterocycles. The Bertz CT molecular complexity index is 108. The Morgan fingerprint density at radius 2 is 2.40 bits per heavy atom. The van der Waals surface area contributed by atoms with E-state index in [1.807, 2.05) is 6.92 Å². The predicted molar refractivity (Wildman–Crippen MR) is 38.6 cm³/mol. The number of hydrogen-bond donors (Lipinski definition) is 2. The van der Waals surface area contributed by atoms with Crippen molar-refractivity contribution in [2.24, 2.45) is 5.73 Å². The van der Waals surface area contributed by atoms with Gasteiger partial charge in [-0.05, 0) is 19.8 Å². The van der Waals surface area contributed by atoms with Crippen LogP contribution in [0.25, 0.3) is 0 Å². The van der Waals surface area contributed by atoms with Gasteiger partial charge in [0.25, 0.3) is 0 Å². The Hall–Kier alpha value is -0.120. The molecule has 0 radical (unpaired) electrons. The second-order valence-electron chi connectivity index (χ2n) is 2.91. The molecule has 1 fully saturated rings. The maximum absolute atomic E-state index is 8.68. The largest absolute Gasteiger partial charge is 0.395 e. The second kappa shape index (κ2) is 3.32. The van der Waals surface area contributed by atoms with Crippen LogP contribution in [0.1, 0.15) is 19.8 Å². The van der Waals surface area contributed by atoms with E-state index in [2.05, 4.69) is 0 Å². The highest BCUT2D eigenvalue weighted by molar-refractivity contribution is 4.79. The van der Waals surface area contributed by atoms with E-state index < -0.39 is 0 Å². The van der Waals surface area contributed by atoms with Crippen LogP contribution in [0.15, 0.2) is 0 Å². The number of ether oxygens (including phenoxy) is 1. The standard InChI is InChI=1S/C7H15NO2/c1-5-2-3-7(10-5)6(8)4-9/h5-7,9H,2-4,8H2,1H3/t5-,6-,7?/m1/s1. The first-order chi connectivity index (χ1) is 4.74. The fourth-order valence-electron chi connectivity index (χ4n) is 1.27. The summed E-state index contributed by atoms with van der Waals surface area (Å²) in [7, 11) is 0. The number of nitrogens with two attached hydrogens (primary N) is 1. The fourth-order valence-corrected chi connectivity index (χ4v) is 1.27. The Morgan fingerprint density at radius 1 is 1.70 bits per heavy atom. The third-order valence-corrected chi connectivity index (χ3v) is 1.95. The molecule has 0 aromatic carbocycles. The summed E-state index contributed by atoms with van der Waals surface area (Å²) in [6.07, 6.45) is 2.46. The highest BCUT2D eigenvalue weighted by Gasteiger charge is 2.26. The zero-order chi connectivity index (χ0) is 7.56. The predicted octanol–water partition coefficient (Wildman–Crippen LogP) is -0.126. The molecule has 0 aliphatic carbocycles. The van der Waals surface area contributed by atoms with Crippen molar-refractivity contribution in [3.63, 3.8) is 0 Å². The van der Waals surface area contributed by atoms with Crippen LogP contribution < -0.4 is 5.73 Å². The highest BCUT2D eigenvalue weighted by Crippen LogP contribution is 2.20. The lowest BCUT2D eigenvalue weighted by molar-refractivity contribution is 0.0275. The normalized spacial score (nSPS) is 36.3. The summed E-state index contributed by atoms with van der Waals surface area (Å²) in [5.41, 5.74) is 5.57. The topological polar surface area (TPSA) is 55.5 Å². The van der Waals surface area contributed by atoms with E-state index in [4.69, 9.17) is 15.6 Å². The smallest absolute Gasteiger partial charge is 0.0752 e. The van der Waals surface area contributed by atoms with Gasteiger partial charge in [0.15, 0.2) is 0 Å². The molecule has 0 aromatic rings. The van der Waals surface area contributed by atoms with Gasteiger partial charge in [-0.3, -0.25) is 0 Å². The number of hydrogen-bond acceptors (Lipinski definition) is 3. The zero-order valence-corrected chi connectivity index (χ0v) is 6.29. The third kappa shape index (κ3) is 1.68. The molecule has 0 bridgehead atoms. The van der Waals surface area contributed by atoms with Gasteiger partial charge < -0.3 is 15.6 Å². The molecule has 0 aromatic heterocycles.